The minimum Gasteiger partial charge on any atom is -0.382 e. The molecule has 1 aliphatic rings. The highest BCUT2D eigenvalue weighted by Crippen LogP contribution is 2.38. The van der Waals surface area contributed by atoms with Gasteiger partial charge in [-0.25, -0.2) is 4.39 Å². The van der Waals surface area contributed by atoms with E-state index < -0.39 is 0 Å². The number of benzene rings is 2. The predicted molar refractivity (Wildman–Crippen MR) is 77.0 cm³/mol. The summed E-state index contributed by atoms with van der Waals surface area (Å²) < 4.78 is 13.2. The number of rotatable bonds is 3. The van der Waals surface area contributed by atoms with Crippen molar-refractivity contribution in [2.24, 2.45) is 0 Å². The normalized spacial score (nSPS) is 21.8. The monoisotopic (exact) mass is 255 g/mol. The molecule has 0 amide bonds. The number of hydrogen-bond acceptors (Lipinski definition) is 1. The van der Waals surface area contributed by atoms with Crippen molar-refractivity contribution in [3.05, 3.63) is 65.5 Å². The van der Waals surface area contributed by atoms with Crippen LogP contribution in [0.25, 0.3) is 0 Å². The van der Waals surface area contributed by atoms with Crippen LogP contribution in [0.4, 0.5) is 10.1 Å². The average Bonchev–Trinajstić information content (AvgIpc) is 2.35. The van der Waals surface area contributed by atoms with E-state index in [1.807, 2.05) is 6.07 Å². The maximum Gasteiger partial charge on any atom is 0.123 e. The lowest BCUT2D eigenvalue weighted by atomic mass is 9.76. The molecule has 0 bridgehead atoms. The number of nitrogens with one attached hydrogen (secondary N) is 1. The van der Waals surface area contributed by atoms with Crippen molar-refractivity contribution in [2.75, 3.05) is 5.32 Å². The largest absolute Gasteiger partial charge is 0.382 e. The van der Waals surface area contributed by atoms with Crippen LogP contribution in [0.3, 0.4) is 0 Å². The van der Waals surface area contributed by atoms with Crippen LogP contribution in [0.1, 0.15) is 29.9 Å². The lowest BCUT2D eigenvalue weighted by molar-refractivity contribution is 0.373. The molecule has 0 saturated heterocycles. The first kappa shape index (κ1) is 12.2. The minimum absolute atomic E-state index is 0.132. The maximum atomic E-state index is 13.2. The Balaban J connectivity index is 1.57. The van der Waals surface area contributed by atoms with Crippen LogP contribution in [-0.2, 0) is 0 Å². The van der Waals surface area contributed by atoms with Crippen molar-refractivity contribution >= 4 is 5.69 Å². The number of anilines is 1. The zero-order valence-corrected chi connectivity index (χ0v) is 11.1. The summed E-state index contributed by atoms with van der Waals surface area (Å²) in [6, 6.07) is 16.0. The van der Waals surface area contributed by atoms with Crippen LogP contribution in [-0.4, -0.2) is 6.04 Å². The fourth-order valence-corrected chi connectivity index (χ4v) is 2.65. The van der Waals surface area contributed by atoms with Crippen LogP contribution in [0.15, 0.2) is 48.5 Å². The molecule has 3 rings (SSSR count). The zero-order valence-electron chi connectivity index (χ0n) is 11.1. The van der Waals surface area contributed by atoms with E-state index in [9.17, 15) is 4.39 Å². The summed E-state index contributed by atoms with van der Waals surface area (Å²) in [7, 11) is 0. The first-order chi connectivity index (χ1) is 9.20. The second-order valence-electron chi connectivity index (χ2n) is 5.43. The lowest BCUT2D eigenvalue weighted by Crippen LogP contribution is -2.34. The molecular formula is C17H18FN. The summed E-state index contributed by atoms with van der Waals surface area (Å²) in [5, 5.41) is 3.53. The van der Waals surface area contributed by atoms with Gasteiger partial charge in [0.1, 0.15) is 5.82 Å². The highest BCUT2D eigenvalue weighted by Gasteiger charge is 2.30. The molecule has 0 heterocycles. The van der Waals surface area contributed by atoms with Gasteiger partial charge in [0.15, 0.2) is 0 Å². The van der Waals surface area contributed by atoms with E-state index in [0.29, 0.717) is 12.0 Å². The van der Waals surface area contributed by atoms with E-state index in [1.165, 1.54) is 17.3 Å². The quantitative estimate of drug-likeness (QED) is 0.852. The Labute approximate surface area is 113 Å². The van der Waals surface area contributed by atoms with Gasteiger partial charge in [-0.3, -0.25) is 0 Å². The van der Waals surface area contributed by atoms with Gasteiger partial charge in [-0.1, -0.05) is 29.8 Å². The van der Waals surface area contributed by atoms with Gasteiger partial charge >= 0.3 is 0 Å². The van der Waals surface area contributed by atoms with Crippen LogP contribution >= 0.6 is 0 Å². The smallest absolute Gasteiger partial charge is 0.123 e. The second kappa shape index (κ2) is 5.04. The summed E-state index contributed by atoms with van der Waals surface area (Å²) in [5.74, 6) is 0.367. The molecule has 1 N–H and O–H groups in total. The van der Waals surface area contributed by atoms with Gasteiger partial charge in [-0.05, 0) is 55.5 Å². The van der Waals surface area contributed by atoms with Crippen molar-refractivity contribution in [1.29, 1.82) is 0 Å². The highest BCUT2D eigenvalue weighted by atomic mass is 19.1. The van der Waals surface area contributed by atoms with Crippen LogP contribution in [0.2, 0.25) is 0 Å². The molecule has 0 spiro atoms. The Morgan fingerprint density at radius 1 is 1.05 bits per heavy atom. The van der Waals surface area contributed by atoms with Crippen molar-refractivity contribution < 1.29 is 4.39 Å². The second-order valence-corrected chi connectivity index (χ2v) is 5.43. The van der Waals surface area contributed by atoms with Gasteiger partial charge in [0, 0.05) is 11.7 Å². The third kappa shape index (κ3) is 2.78. The van der Waals surface area contributed by atoms with Crippen molar-refractivity contribution in [2.45, 2.75) is 31.7 Å². The Morgan fingerprint density at radius 3 is 2.47 bits per heavy atom. The van der Waals surface area contributed by atoms with E-state index in [-0.39, 0.29) is 5.82 Å². The molecule has 2 aromatic rings. The fraction of sp³-hybridized carbons (Fsp3) is 0.294. The van der Waals surface area contributed by atoms with E-state index >= 15 is 0 Å². The van der Waals surface area contributed by atoms with E-state index in [0.717, 1.165) is 18.4 Å². The minimum atomic E-state index is -0.132. The van der Waals surface area contributed by atoms with Gasteiger partial charge in [-0.15, -0.1) is 0 Å². The fourth-order valence-electron chi connectivity index (χ4n) is 2.65. The molecular weight excluding hydrogens is 237 g/mol. The first-order valence-corrected chi connectivity index (χ1v) is 6.79. The Morgan fingerprint density at radius 2 is 1.79 bits per heavy atom. The van der Waals surface area contributed by atoms with Crippen molar-refractivity contribution in [1.82, 2.24) is 0 Å². The van der Waals surface area contributed by atoms with Crippen LogP contribution in [0.5, 0.6) is 0 Å². The third-order valence-corrected chi connectivity index (χ3v) is 3.88. The molecule has 0 unspecified atom stereocenters. The van der Waals surface area contributed by atoms with Crippen molar-refractivity contribution in [3.63, 3.8) is 0 Å². The third-order valence-electron chi connectivity index (χ3n) is 3.88. The van der Waals surface area contributed by atoms with Crippen molar-refractivity contribution in [3.8, 4) is 0 Å². The average molecular weight is 255 g/mol. The molecule has 2 heteroatoms. The van der Waals surface area contributed by atoms with E-state index in [2.05, 4.69) is 36.5 Å². The first-order valence-electron chi connectivity index (χ1n) is 6.79. The molecule has 1 nitrogen and oxygen atoms in total. The summed E-state index contributed by atoms with van der Waals surface area (Å²) in [6.07, 6.45) is 2.16. The molecule has 1 fully saturated rings. The molecule has 1 aliphatic carbocycles. The molecule has 19 heavy (non-hydrogen) atoms. The number of aryl methyl sites for hydroxylation is 1. The number of halogens is 1. The highest BCUT2D eigenvalue weighted by molar-refractivity contribution is 5.46. The Bertz CT molecular complexity index is 556. The Kier molecular flexibility index (Phi) is 3.24. The Hall–Kier alpha value is -1.83. The van der Waals surface area contributed by atoms with Crippen LogP contribution in [0, 0.1) is 12.7 Å². The molecule has 0 aliphatic heterocycles. The summed E-state index contributed by atoms with van der Waals surface area (Å²) >= 11 is 0. The molecule has 2 aromatic carbocycles. The van der Waals surface area contributed by atoms with E-state index in [1.54, 1.807) is 12.1 Å². The van der Waals surface area contributed by atoms with Gasteiger partial charge < -0.3 is 5.32 Å². The summed E-state index contributed by atoms with van der Waals surface area (Å²) in [6.45, 7) is 2.09. The zero-order chi connectivity index (χ0) is 13.2. The summed E-state index contributed by atoms with van der Waals surface area (Å²) in [5.41, 5.74) is 3.58. The molecule has 0 aromatic heterocycles. The molecule has 1 saturated carbocycles. The SMILES string of the molecule is Cc1ccc(NC2CC(c3cccc(F)c3)C2)cc1. The van der Waals surface area contributed by atoms with Gasteiger partial charge in [0.25, 0.3) is 0 Å². The predicted octanol–water partition coefficient (Wildman–Crippen LogP) is 4.49. The van der Waals surface area contributed by atoms with Gasteiger partial charge in [-0.2, -0.15) is 0 Å². The molecule has 0 radical (unpaired) electrons. The number of hydrogen-bond donors (Lipinski definition) is 1. The van der Waals surface area contributed by atoms with Gasteiger partial charge in [0.05, 0.1) is 0 Å². The standard InChI is InChI=1S/C17H18FN/c1-12-5-7-16(8-6-12)19-17-10-14(11-17)13-3-2-4-15(18)9-13/h2-9,14,17,19H,10-11H2,1H3. The van der Waals surface area contributed by atoms with Crippen LogP contribution < -0.4 is 5.32 Å². The summed E-state index contributed by atoms with van der Waals surface area (Å²) in [4.78, 5) is 0. The topological polar surface area (TPSA) is 12.0 Å². The van der Waals surface area contributed by atoms with E-state index in [4.69, 9.17) is 0 Å². The maximum absolute atomic E-state index is 13.2. The molecule has 0 atom stereocenters. The van der Waals surface area contributed by atoms with Gasteiger partial charge in [0.2, 0.25) is 0 Å². The molecule has 98 valence electrons. The lowest BCUT2D eigenvalue weighted by Gasteiger charge is -2.37.